The fourth-order valence-corrected chi connectivity index (χ4v) is 17.6. The van der Waals surface area contributed by atoms with Crippen LogP contribution in [0.4, 0.5) is 0 Å². The maximum Gasteiger partial charge on any atom is 0.176 e. The predicted molar refractivity (Wildman–Crippen MR) is 483 cm³/mol. The lowest BCUT2D eigenvalue weighted by Crippen LogP contribution is -2.32. The molecule has 2 N–H and O–H groups in total. The summed E-state index contributed by atoms with van der Waals surface area (Å²) < 4.78 is 9.74. The van der Waals surface area contributed by atoms with Crippen LogP contribution in [0.5, 0.6) is 0 Å². The van der Waals surface area contributed by atoms with Gasteiger partial charge in [-0.2, -0.15) is 0 Å². The Morgan fingerprint density at radius 2 is 0.366 bits per heavy atom. The number of nitrogens with one attached hydrogen (secondary N) is 2. The molecular weight excluding hydrogens is 1360 g/mol. The third-order valence-electron chi connectivity index (χ3n) is 24.4. The topological polar surface area (TPSA) is 72.9 Å². The van der Waals surface area contributed by atoms with E-state index in [4.69, 9.17) is 9.97 Å². The molecule has 9 rings (SSSR count). The number of nitrogens with zero attached hydrogens (tertiary/aromatic N) is 6. The van der Waals surface area contributed by atoms with E-state index in [0.717, 1.165) is 116 Å². The Kier molecular flexibility index (Phi) is 44.3. The summed E-state index contributed by atoms with van der Waals surface area (Å²) in [5.41, 5.74) is 17.1. The average molecular weight is 1520 g/mol. The van der Waals surface area contributed by atoms with Crippen LogP contribution in [0.3, 0.4) is 0 Å². The van der Waals surface area contributed by atoms with Gasteiger partial charge in [0.1, 0.15) is 26.2 Å². The molecule has 0 aromatic carbocycles. The molecule has 0 fully saturated rings. The zero-order chi connectivity index (χ0) is 77.8. The molecule has 9 heterocycles. The van der Waals surface area contributed by atoms with Crippen LogP contribution in [0.2, 0.25) is 0 Å². The molecular formula is C104H158N8+4. The zero-order valence-electron chi connectivity index (χ0n) is 72.0. The van der Waals surface area contributed by atoms with E-state index in [2.05, 4.69) is 203 Å². The van der Waals surface area contributed by atoms with Gasteiger partial charge >= 0.3 is 0 Å². The second kappa shape index (κ2) is 55.7. The number of unbranched alkanes of at least 4 members (excludes halogenated alkanes) is 52. The van der Waals surface area contributed by atoms with Gasteiger partial charge in [-0.1, -0.05) is 336 Å². The first-order chi connectivity index (χ1) is 55.5. The number of aromatic nitrogens is 8. The van der Waals surface area contributed by atoms with Gasteiger partial charge in [0.05, 0.1) is 22.8 Å². The average Bonchev–Trinajstić information content (AvgIpc) is 1.61. The summed E-state index contributed by atoms with van der Waals surface area (Å²) in [6, 6.07) is 27.5. The quantitative estimate of drug-likeness (QED) is 0.0294. The number of H-pyrrole nitrogens is 2. The van der Waals surface area contributed by atoms with Crippen molar-refractivity contribution in [2.75, 3.05) is 0 Å². The van der Waals surface area contributed by atoms with E-state index in [0.29, 0.717) is 0 Å². The van der Waals surface area contributed by atoms with Gasteiger partial charge in [0.2, 0.25) is 0 Å². The standard InChI is InChI=1S/C104H158N8/c1-5-9-13-17-21-25-29-33-37-41-45-49-53-57-77-109-81-61-65-89(85-109)101-93-69-71-95(105-93)102(90-66-62-82-110(86-90)78-58-54-50-46-42-38-34-30-26-22-18-14-10-6-2)97-73-75-99(107-97)104(92-68-64-84-112(88-92)80-60-56-52-48-44-40-36-32-28-24-20-16-12-8-4)100-76-74-98(108-100)103(96-72-70-94(101)106-96)91-67-63-83-111(87-91)79-59-55-51-47-43-39-35-31-27-23-19-15-11-7-3/h61-76,81-88,105,108H,5-60,77-80H2,1-4H3/q+4. The Bertz CT molecular complexity index is 3430. The van der Waals surface area contributed by atoms with E-state index >= 15 is 0 Å². The molecule has 0 saturated heterocycles. The Balaban J connectivity index is 1.02. The maximum absolute atomic E-state index is 5.84. The van der Waals surface area contributed by atoms with Crippen LogP contribution in [-0.2, 0) is 26.2 Å². The van der Waals surface area contributed by atoms with E-state index < -0.39 is 0 Å². The van der Waals surface area contributed by atoms with Crippen molar-refractivity contribution in [3.63, 3.8) is 0 Å². The molecule has 0 amide bonds. The molecule has 2 aliphatic heterocycles. The molecule has 112 heavy (non-hydrogen) atoms. The van der Waals surface area contributed by atoms with Gasteiger partial charge < -0.3 is 9.97 Å². The van der Waals surface area contributed by atoms with Crippen LogP contribution in [0, 0.1) is 0 Å². The summed E-state index contributed by atoms with van der Waals surface area (Å²) in [6.07, 6.45) is 104. The van der Waals surface area contributed by atoms with Crippen LogP contribution < -0.4 is 18.3 Å². The fraction of sp³-hybridized carbons (Fsp3) is 0.615. The summed E-state index contributed by atoms with van der Waals surface area (Å²) >= 11 is 0. The Morgan fingerprint density at radius 3 is 0.536 bits per heavy atom. The normalized spacial score (nSPS) is 12.0. The van der Waals surface area contributed by atoms with Gasteiger partial charge in [0, 0.05) is 117 Å². The van der Waals surface area contributed by atoms with Crippen molar-refractivity contribution < 1.29 is 18.3 Å². The Hall–Kier alpha value is -6.80. The summed E-state index contributed by atoms with van der Waals surface area (Å²) in [5, 5.41) is 0. The van der Waals surface area contributed by atoms with E-state index in [1.54, 1.807) is 0 Å². The third-order valence-corrected chi connectivity index (χ3v) is 24.4. The molecule has 2 aliphatic rings. The maximum atomic E-state index is 5.84. The molecule has 0 spiro atoms. The first kappa shape index (κ1) is 89.1. The van der Waals surface area contributed by atoms with Crippen LogP contribution in [0.1, 0.15) is 410 Å². The molecule has 0 unspecified atom stereocenters. The number of aromatic amines is 2. The van der Waals surface area contributed by atoms with Crippen molar-refractivity contribution in [2.24, 2.45) is 0 Å². The Labute approximate surface area is 683 Å². The van der Waals surface area contributed by atoms with Crippen LogP contribution >= 0.6 is 0 Å². The van der Waals surface area contributed by atoms with Gasteiger partial charge in [0.15, 0.2) is 49.6 Å². The minimum Gasteiger partial charge on any atom is -0.354 e. The molecule has 610 valence electrons. The predicted octanol–water partition coefficient (Wildman–Crippen LogP) is 30.4. The molecule has 7 aromatic rings. The molecule has 0 saturated carbocycles. The highest BCUT2D eigenvalue weighted by Gasteiger charge is 2.23. The summed E-state index contributed by atoms with van der Waals surface area (Å²) in [7, 11) is 0. The number of rotatable bonds is 64. The van der Waals surface area contributed by atoms with Gasteiger partial charge in [-0.15, -0.1) is 0 Å². The van der Waals surface area contributed by atoms with Crippen LogP contribution in [-0.4, -0.2) is 19.9 Å². The Morgan fingerprint density at radius 1 is 0.205 bits per heavy atom. The van der Waals surface area contributed by atoms with Gasteiger partial charge in [-0.05, 0) is 98.5 Å². The van der Waals surface area contributed by atoms with Crippen molar-refractivity contribution >= 4 is 46.4 Å². The van der Waals surface area contributed by atoms with E-state index in [9.17, 15) is 0 Å². The zero-order valence-corrected chi connectivity index (χ0v) is 72.0. The number of pyridine rings is 4. The van der Waals surface area contributed by atoms with Crippen molar-refractivity contribution in [1.82, 2.24) is 19.9 Å². The summed E-state index contributed by atoms with van der Waals surface area (Å²) in [4.78, 5) is 20.0. The number of aryl methyl sites for hydroxylation is 4. The largest absolute Gasteiger partial charge is 0.354 e. The van der Waals surface area contributed by atoms with Crippen molar-refractivity contribution in [1.29, 1.82) is 0 Å². The van der Waals surface area contributed by atoms with Crippen LogP contribution in [0.15, 0.2) is 122 Å². The monoisotopic (exact) mass is 1520 g/mol. The second-order valence-corrected chi connectivity index (χ2v) is 34.2. The van der Waals surface area contributed by atoms with Crippen LogP contribution in [0.25, 0.3) is 90.9 Å². The molecule has 8 nitrogen and oxygen atoms in total. The summed E-state index contributed by atoms with van der Waals surface area (Å²) in [6.45, 7) is 13.2. The minimum atomic E-state index is 0.959. The lowest BCUT2D eigenvalue weighted by molar-refractivity contribution is -0.697. The summed E-state index contributed by atoms with van der Waals surface area (Å²) in [5.74, 6) is 0. The SMILES string of the molecule is CCCCCCCCCCCCCCCC[n+]1cccc(-c2c3nc(c(-c4ccc[n+](CCCCCCCCCCCCCCCC)c4)c4ccc([nH]4)c(-c4ccc[n+](CCCCCCCCCCCCCCCC)c4)c4nc(c(-c5ccc[n+](CCCCCCCCCCCCCCCC)c5)c5ccc2[nH]5)C=C4)C=C3)c1. The second-order valence-electron chi connectivity index (χ2n) is 34.2. The smallest absolute Gasteiger partial charge is 0.176 e. The molecule has 8 bridgehead atoms. The van der Waals surface area contributed by atoms with E-state index in [-0.39, 0.29) is 0 Å². The lowest BCUT2D eigenvalue weighted by atomic mass is 10.0. The number of hydrogen-bond acceptors (Lipinski definition) is 2. The van der Waals surface area contributed by atoms with Crippen molar-refractivity contribution in [3.05, 3.63) is 145 Å². The van der Waals surface area contributed by atoms with Crippen molar-refractivity contribution in [2.45, 2.75) is 413 Å². The van der Waals surface area contributed by atoms with E-state index in [1.165, 1.54) is 360 Å². The highest BCUT2D eigenvalue weighted by atomic mass is 14.9. The number of hydrogen-bond donors (Lipinski definition) is 2. The molecule has 0 atom stereocenters. The first-order valence-corrected chi connectivity index (χ1v) is 47.7. The molecule has 0 aliphatic carbocycles. The highest BCUT2D eigenvalue weighted by Crippen LogP contribution is 2.39. The first-order valence-electron chi connectivity index (χ1n) is 47.7. The minimum absolute atomic E-state index is 0.959. The fourth-order valence-electron chi connectivity index (χ4n) is 17.6. The highest BCUT2D eigenvalue weighted by molar-refractivity contribution is 5.99. The van der Waals surface area contributed by atoms with Gasteiger partial charge in [-0.3, -0.25) is 0 Å². The van der Waals surface area contributed by atoms with E-state index in [1.807, 2.05) is 0 Å². The third kappa shape index (κ3) is 32.8. The van der Waals surface area contributed by atoms with Crippen molar-refractivity contribution in [3.8, 4) is 44.5 Å². The lowest BCUT2D eigenvalue weighted by Gasteiger charge is -2.07. The van der Waals surface area contributed by atoms with Gasteiger partial charge in [-0.25, -0.2) is 28.2 Å². The molecule has 7 aromatic heterocycles. The molecule has 8 heteroatoms. The number of fused-ring (bicyclic) bond motifs is 8. The van der Waals surface area contributed by atoms with Gasteiger partial charge in [0.25, 0.3) is 0 Å². The molecule has 0 radical (unpaired) electrons.